The first-order chi connectivity index (χ1) is 13.1. The van der Waals surface area contributed by atoms with Gasteiger partial charge in [0.2, 0.25) is 5.91 Å². The maximum atomic E-state index is 13.2. The second kappa shape index (κ2) is 7.10. The van der Waals surface area contributed by atoms with Crippen molar-refractivity contribution in [3.8, 4) is 0 Å². The Labute approximate surface area is 159 Å². The number of rotatable bonds is 4. The van der Waals surface area contributed by atoms with Crippen molar-refractivity contribution < 1.29 is 9.59 Å². The van der Waals surface area contributed by atoms with E-state index in [1.165, 1.54) is 0 Å². The molecule has 4 rings (SSSR count). The molecule has 0 radical (unpaired) electrons. The molecule has 0 saturated carbocycles. The van der Waals surface area contributed by atoms with Crippen LogP contribution in [0.5, 0.6) is 0 Å². The minimum atomic E-state index is -0.632. The monoisotopic (exact) mass is 366 g/mol. The molecule has 1 aromatic heterocycles. The number of nitrogens with zero attached hydrogens (tertiary/aromatic N) is 3. The van der Waals surface area contributed by atoms with Crippen LogP contribution in [0, 0.1) is 0 Å². The van der Waals surface area contributed by atoms with Gasteiger partial charge in [-0.25, -0.2) is 0 Å². The molecule has 0 spiro atoms. The standard InChI is InChI=1S/C21H26N4O2/c1-23-12-5-9-18(23)19(26)24-15-10-21(11-16-24,20(27)25-13-6-14-25)22-17-7-3-2-4-8-17/h2-5,7-9,12,22H,6,10-11,13-16H2,1H3. The first-order valence-corrected chi connectivity index (χ1v) is 9.62. The third kappa shape index (κ3) is 3.31. The van der Waals surface area contributed by atoms with Crippen LogP contribution in [-0.2, 0) is 11.8 Å². The summed E-state index contributed by atoms with van der Waals surface area (Å²) in [4.78, 5) is 29.8. The van der Waals surface area contributed by atoms with E-state index in [0.29, 0.717) is 31.6 Å². The summed E-state index contributed by atoms with van der Waals surface area (Å²) >= 11 is 0. The van der Waals surface area contributed by atoms with E-state index in [4.69, 9.17) is 0 Å². The Bertz CT molecular complexity index is 818. The lowest BCUT2D eigenvalue weighted by Gasteiger charge is -2.46. The Balaban J connectivity index is 1.52. The highest BCUT2D eigenvalue weighted by Gasteiger charge is 2.45. The number of carbonyl (C=O) groups excluding carboxylic acids is 2. The molecule has 1 N–H and O–H groups in total. The molecule has 0 atom stereocenters. The lowest BCUT2D eigenvalue weighted by atomic mass is 9.84. The fourth-order valence-corrected chi connectivity index (χ4v) is 3.95. The Hall–Kier alpha value is -2.76. The molecule has 0 bridgehead atoms. The van der Waals surface area contributed by atoms with Crippen molar-refractivity contribution >= 4 is 17.5 Å². The summed E-state index contributed by atoms with van der Waals surface area (Å²) < 4.78 is 1.84. The number of para-hydroxylation sites is 1. The predicted octanol–water partition coefficient (Wildman–Crippen LogP) is 2.34. The van der Waals surface area contributed by atoms with E-state index >= 15 is 0 Å². The van der Waals surface area contributed by atoms with E-state index in [9.17, 15) is 9.59 Å². The average Bonchev–Trinajstić information content (AvgIpc) is 3.07. The lowest BCUT2D eigenvalue weighted by molar-refractivity contribution is -0.141. The third-order valence-corrected chi connectivity index (χ3v) is 5.78. The largest absolute Gasteiger partial charge is 0.371 e. The van der Waals surface area contributed by atoms with Crippen LogP contribution in [-0.4, -0.2) is 57.9 Å². The molecule has 2 saturated heterocycles. The van der Waals surface area contributed by atoms with E-state index in [2.05, 4.69) is 5.32 Å². The summed E-state index contributed by atoms with van der Waals surface area (Å²) in [6.45, 7) is 2.82. The molecule has 6 heteroatoms. The highest BCUT2D eigenvalue weighted by atomic mass is 16.2. The number of aromatic nitrogens is 1. The van der Waals surface area contributed by atoms with Crippen LogP contribution >= 0.6 is 0 Å². The molecule has 0 aliphatic carbocycles. The maximum absolute atomic E-state index is 13.2. The highest BCUT2D eigenvalue weighted by molar-refractivity contribution is 5.94. The van der Waals surface area contributed by atoms with Crippen LogP contribution in [0.2, 0.25) is 0 Å². The van der Waals surface area contributed by atoms with E-state index in [1.54, 1.807) is 0 Å². The van der Waals surface area contributed by atoms with Crippen molar-refractivity contribution in [1.82, 2.24) is 14.4 Å². The number of piperidine rings is 1. The zero-order valence-electron chi connectivity index (χ0n) is 15.7. The summed E-state index contributed by atoms with van der Waals surface area (Å²) in [5.74, 6) is 0.204. The third-order valence-electron chi connectivity index (χ3n) is 5.78. The average molecular weight is 366 g/mol. The van der Waals surface area contributed by atoms with Gasteiger partial charge in [-0.3, -0.25) is 9.59 Å². The van der Waals surface area contributed by atoms with Gasteiger partial charge in [0.15, 0.2) is 0 Å². The SMILES string of the molecule is Cn1cccc1C(=O)N1CCC(Nc2ccccc2)(C(=O)N2CCC2)CC1. The summed E-state index contributed by atoms with van der Waals surface area (Å²) in [5.41, 5.74) is 1.01. The summed E-state index contributed by atoms with van der Waals surface area (Å²) in [5, 5.41) is 3.51. The van der Waals surface area contributed by atoms with Gasteiger partial charge in [0.05, 0.1) is 0 Å². The molecule has 27 heavy (non-hydrogen) atoms. The van der Waals surface area contributed by atoms with Gasteiger partial charge in [0.1, 0.15) is 11.2 Å². The quantitative estimate of drug-likeness (QED) is 0.904. The fraction of sp³-hybridized carbons (Fsp3) is 0.429. The minimum Gasteiger partial charge on any atom is -0.371 e. The van der Waals surface area contributed by atoms with Gasteiger partial charge in [-0.1, -0.05) is 18.2 Å². The molecular formula is C21H26N4O2. The predicted molar refractivity (Wildman–Crippen MR) is 105 cm³/mol. The Morgan fingerprint density at radius 3 is 2.19 bits per heavy atom. The van der Waals surface area contributed by atoms with Crippen molar-refractivity contribution in [3.05, 3.63) is 54.4 Å². The van der Waals surface area contributed by atoms with Crippen molar-refractivity contribution in [3.63, 3.8) is 0 Å². The van der Waals surface area contributed by atoms with Crippen LogP contribution in [0.25, 0.3) is 0 Å². The summed E-state index contributed by atoms with van der Waals surface area (Å²) in [6, 6.07) is 13.6. The van der Waals surface area contributed by atoms with Crippen LogP contribution < -0.4 is 5.32 Å². The second-order valence-corrected chi connectivity index (χ2v) is 7.52. The zero-order valence-corrected chi connectivity index (χ0v) is 15.7. The van der Waals surface area contributed by atoms with Crippen molar-refractivity contribution in [2.45, 2.75) is 24.8 Å². The lowest BCUT2D eigenvalue weighted by Crippen LogP contribution is -2.62. The topological polar surface area (TPSA) is 57.6 Å². The fourth-order valence-electron chi connectivity index (χ4n) is 3.95. The molecule has 2 fully saturated rings. The van der Waals surface area contributed by atoms with Crippen LogP contribution in [0.15, 0.2) is 48.7 Å². The van der Waals surface area contributed by atoms with Gasteiger partial charge in [0.25, 0.3) is 5.91 Å². The molecule has 2 aromatic rings. The number of anilines is 1. The van der Waals surface area contributed by atoms with E-state index in [0.717, 1.165) is 25.2 Å². The second-order valence-electron chi connectivity index (χ2n) is 7.52. The molecular weight excluding hydrogens is 340 g/mol. The van der Waals surface area contributed by atoms with Gasteiger partial charge >= 0.3 is 0 Å². The number of carbonyl (C=O) groups is 2. The van der Waals surface area contributed by atoms with E-state index in [1.807, 2.05) is 70.1 Å². The van der Waals surface area contributed by atoms with Crippen LogP contribution in [0.3, 0.4) is 0 Å². The Morgan fingerprint density at radius 1 is 0.926 bits per heavy atom. The van der Waals surface area contributed by atoms with Gasteiger partial charge in [0, 0.05) is 45.1 Å². The molecule has 6 nitrogen and oxygen atoms in total. The Kier molecular flexibility index (Phi) is 4.64. The molecule has 2 amide bonds. The Morgan fingerprint density at radius 2 is 1.63 bits per heavy atom. The summed E-state index contributed by atoms with van der Waals surface area (Å²) in [6.07, 6.45) is 4.19. The number of likely N-dealkylation sites (tertiary alicyclic amines) is 2. The van der Waals surface area contributed by atoms with Gasteiger partial charge in [-0.15, -0.1) is 0 Å². The molecule has 2 aliphatic rings. The number of nitrogens with one attached hydrogen (secondary N) is 1. The van der Waals surface area contributed by atoms with Gasteiger partial charge < -0.3 is 19.7 Å². The number of aryl methyl sites for hydroxylation is 1. The van der Waals surface area contributed by atoms with Crippen LogP contribution in [0.1, 0.15) is 29.8 Å². The van der Waals surface area contributed by atoms with Crippen LogP contribution in [0.4, 0.5) is 5.69 Å². The zero-order chi connectivity index (χ0) is 18.9. The highest BCUT2D eigenvalue weighted by Crippen LogP contribution is 2.31. The molecule has 3 heterocycles. The van der Waals surface area contributed by atoms with E-state index in [-0.39, 0.29) is 11.8 Å². The molecule has 0 unspecified atom stereocenters. The van der Waals surface area contributed by atoms with E-state index < -0.39 is 5.54 Å². The first-order valence-electron chi connectivity index (χ1n) is 9.62. The van der Waals surface area contributed by atoms with Gasteiger partial charge in [-0.2, -0.15) is 0 Å². The first kappa shape index (κ1) is 17.6. The normalized spacial score (nSPS) is 18.7. The minimum absolute atomic E-state index is 0.0345. The molecule has 142 valence electrons. The summed E-state index contributed by atoms with van der Waals surface area (Å²) in [7, 11) is 1.88. The maximum Gasteiger partial charge on any atom is 0.270 e. The molecule has 1 aromatic carbocycles. The van der Waals surface area contributed by atoms with Crippen molar-refractivity contribution in [2.75, 3.05) is 31.5 Å². The smallest absolute Gasteiger partial charge is 0.270 e. The number of benzene rings is 1. The number of amides is 2. The number of hydrogen-bond donors (Lipinski definition) is 1. The molecule has 2 aliphatic heterocycles. The van der Waals surface area contributed by atoms with Crippen molar-refractivity contribution in [2.24, 2.45) is 7.05 Å². The van der Waals surface area contributed by atoms with Crippen molar-refractivity contribution in [1.29, 1.82) is 0 Å². The van der Waals surface area contributed by atoms with Gasteiger partial charge in [-0.05, 0) is 43.5 Å². The number of hydrogen-bond acceptors (Lipinski definition) is 3.